The lowest BCUT2D eigenvalue weighted by atomic mass is 9.54. The molecule has 1 aliphatic heterocycles. The lowest BCUT2D eigenvalue weighted by molar-refractivity contribution is -0.879. The van der Waals surface area contributed by atoms with Gasteiger partial charge in [0, 0.05) is 11.8 Å². The number of hydrogen-bond donors (Lipinski definition) is 2. The maximum absolute atomic E-state index is 9.88. The fourth-order valence-corrected chi connectivity index (χ4v) is 4.24. The Hall–Kier alpha value is -2.94. The molecule has 2 N–H and O–H groups in total. The summed E-state index contributed by atoms with van der Waals surface area (Å²) in [7, 11) is 2.08. The average molecular weight is 330 g/mol. The molecule has 1 fully saturated rings. The van der Waals surface area contributed by atoms with Gasteiger partial charge in [-0.3, -0.25) is 0 Å². The summed E-state index contributed by atoms with van der Waals surface area (Å²) in [5.74, 6) is -1.11. The molecule has 2 unspecified atom stereocenters. The van der Waals surface area contributed by atoms with Crippen molar-refractivity contribution >= 4 is 5.71 Å². The van der Waals surface area contributed by atoms with Gasteiger partial charge in [-0.25, -0.2) is 0 Å². The van der Waals surface area contributed by atoms with Gasteiger partial charge in [0.15, 0.2) is 5.41 Å². The molecule has 0 aromatic heterocycles. The highest BCUT2D eigenvalue weighted by molar-refractivity contribution is 6.00. The topological polar surface area (TPSA) is 99.7 Å². The monoisotopic (exact) mass is 330 g/mol. The first-order valence-electron chi connectivity index (χ1n) is 8.43. The van der Waals surface area contributed by atoms with Gasteiger partial charge in [0.2, 0.25) is 0 Å². The van der Waals surface area contributed by atoms with Crippen LogP contribution in [0.4, 0.5) is 0 Å². The van der Waals surface area contributed by atoms with Gasteiger partial charge in [-0.05, 0) is 23.6 Å². The minimum Gasteiger partial charge on any atom is -0.334 e. The average Bonchev–Trinajstić information content (AvgIpc) is 2.64. The summed E-state index contributed by atoms with van der Waals surface area (Å²) in [6, 6.07) is 16.2. The van der Waals surface area contributed by atoms with Crippen molar-refractivity contribution in [1.29, 1.82) is 21.2 Å². The number of benzene rings is 1. The second kappa shape index (κ2) is 6.52. The quantitative estimate of drug-likeness (QED) is 0.795. The highest BCUT2D eigenvalue weighted by Gasteiger charge is 2.57. The highest BCUT2D eigenvalue weighted by atomic mass is 15.1. The number of quaternary nitrogens is 1. The molecule has 1 saturated carbocycles. The first-order chi connectivity index (χ1) is 12.1. The molecule has 0 bridgehead atoms. The Balaban J connectivity index is 2.13. The normalized spacial score (nSPS) is 30.2. The standard InChI is InChI=1S/C20H19N5/c1-25-8-7-15-16(10-21)19(24)20(12-22,13-23)18(17(15)11-25)9-14-5-3-2-4-6-14/h2-7,16-18,24H,8-9,11H2,1H3/p+1/t16?,17-,18-/m0/s1. The molecule has 1 heterocycles. The molecular formula is C20H20N5+. The molecule has 25 heavy (non-hydrogen) atoms. The zero-order valence-corrected chi connectivity index (χ0v) is 14.2. The SMILES string of the molecule is C[NH+]1CC=C2C(C#N)C(=N)C(C#N)(C#N)[C@@H](Cc3ccccc3)[C@H]2C1. The molecular weight excluding hydrogens is 310 g/mol. The summed E-state index contributed by atoms with van der Waals surface area (Å²) in [5.41, 5.74) is 0.381. The van der Waals surface area contributed by atoms with Crippen LogP contribution >= 0.6 is 0 Å². The molecule has 0 radical (unpaired) electrons. The third-order valence-electron chi connectivity index (χ3n) is 5.55. The summed E-state index contributed by atoms with van der Waals surface area (Å²) in [4.78, 5) is 1.29. The van der Waals surface area contributed by atoms with E-state index in [1.807, 2.05) is 36.4 Å². The molecule has 5 nitrogen and oxygen atoms in total. The number of likely N-dealkylation sites (N-methyl/N-ethyl adjacent to an activating group) is 1. The van der Waals surface area contributed by atoms with Gasteiger partial charge in [0.1, 0.15) is 5.92 Å². The predicted molar refractivity (Wildman–Crippen MR) is 92.3 cm³/mol. The smallest absolute Gasteiger partial charge is 0.186 e. The van der Waals surface area contributed by atoms with Crippen molar-refractivity contribution in [3.63, 3.8) is 0 Å². The maximum atomic E-state index is 9.88. The minimum absolute atomic E-state index is 0.0352. The van der Waals surface area contributed by atoms with E-state index in [9.17, 15) is 15.8 Å². The van der Waals surface area contributed by atoms with E-state index in [1.54, 1.807) is 0 Å². The van der Waals surface area contributed by atoms with E-state index in [0.717, 1.165) is 24.2 Å². The van der Waals surface area contributed by atoms with E-state index in [1.165, 1.54) is 4.90 Å². The fraction of sp³-hybridized carbons (Fsp3) is 0.400. The lowest BCUT2D eigenvalue weighted by Gasteiger charge is -2.45. The van der Waals surface area contributed by atoms with Gasteiger partial charge in [-0.2, -0.15) is 15.8 Å². The predicted octanol–water partition coefficient (Wildman–Crippen LogP) is 1.12. The van der Waals surface area contributed by atoms with Crippen LogP contribution in [0.2, 0.25) is 0 Å². The third kappa shape index (κ3) is 2.62. The van der Waals surface area contributed by atoms with E-state index in [-0.39, 0.29) is 17.5 Å². The Morgan fingerprint density at radius 1 is 1.20 bits per heavy atom. The van der Waals surface area contributed by atoms with Crippen molar-refractivity contribution in [3.8, 4) is 18.2 Å². The summed E-state index contributed by atoms with van der Waals surface area (Å²) in [6.07, 6.45) is 2.60. The summed E-state index contributed by atoms with van der Waals surface area (Å²) in [5, 5.41) is 37.9. The number of nitrogens with zero attached hydrogens (tertiary/aromatic N) is 3. The second-order valence-electron chi connectivity index (χ2n) is 6.98. The van der Waals surface area contributed by atoms with Crippen LogP contribution < -0.4 is 4.90 Å². The van der Waals surface area contributed by atoms with Crippen molar-refractivity contribution in [2.24, 2.45) is 23.2 Å². The van der Waals surface area contributed by atoms with Crippen LogP contribution in [0.15, 0.2) is 42.0 Å². The van der Waals surface area contributed by atoms with Gasteiger partial charge in [-0.15, -0.1) is 0 Å². The van der Waals surface area contributed by atoms with Crippen LogP contribution in [0.3, 0.4) is 0 Å². The van der Waals surface area contributed by atoms with Gasteiger partial charge in [0.25, 0.3) is 0 Å². The van der Waals surface area contributed by atoms with Crippen molar-refractivity contribution in [2.45, 2.75) is 6.42 Å². The van der Waals surface area contributed by atoms with Crippen LogP contribution in [0.1, 0.15) is 5.56 Å². The number of hydrogen-bond acceptors (Lipinski definition) is 4. The third-order valence-corrected chi connectivity index (χ3v) is 5.55. The number of rotatable bonds is 2. The Morgan fingerprint density at radius 3 is 2.48 bits per heavy atom. The molecule has 1 aromatic carbocycles. The van der Waals surface area contributed by atoms with E-state index in [2.05, 4.69) is 25.3 Å². The first kappa shape index (κ1) is 16.9. The van der Waals surface area contributed by atoms with Crippen LogP contribution in [0.25, 0.3) is 0 Å². The van der Waals surface area contributed by atoms with Crippen LogP contribution in [0.5, 0.6) is 0 Å². The molecule has 1 aromatic rings. The molecule has 2 aliphatic rings. The van der Waals surface area contributed by atoms with Gasteiger partial charge >= 0.3 is 0 Å². The molecule has 0 spiro atoms. The molecule has 0 amide bonds. The Labute approximate surface area is 147 Å². The second-order valence-corrected chi connectivity index (χ2v) is 6.98. The summed E-state index contributed by atoms with van der Waals surface area (Å²) in [6.45, 7) is 1.58. The number of nitrogens with one attached hydrogen (secondary N) is 2. The van der Waals surface area contributed by atoms with E-state index >= 15 is 0 Å². The fourth-order valence-electron chi connectivity index (χ4n) is 4.24. The molecule has 124 valence electrons. The minimum atomic E-state index is -1.55. The Morgan fingerprint density at radius 2 is 1.88 bits per heavy atom. The van der Waals surface area contributed by atoms with E-state index in [4.69, 9.17) is 5.41 Å². The molecule has 1 aliphatic carbocycles. The van der Waals surface area contributed by atoms with E-state index in [0.29, 0.717) is 6.42 Å². The van der Waals surface area contributed by atoms with Crippen molar-refractivity contribution in [1.82, 2.24) is 0 Å². The molecule has 5 heteroatoms. The van der Waals surface area contributed by atoms with Crippen LogP contribution in [-0.2, 0) is 6.42 Å². The van der Waals surface area contributed by atoms with Crippen molar-refractivity contribution < 1.29 is 4.90 Å². The summed E-state index contributed by atoms with van der Waals surface area (Å²) < 4.78 is 0. The largest absolute Gasteiger partial charge is 0.334 e. The van der Waals surface area contributed by atoms with Crippen LogP contribution in [0, 0.1) is 62.6 Å². The maximum Gasteiger partial charge on any atom is 0.186 e. The van der Waals surface area contributed by atoms with Crippen LogP contribution in [-0.4, -0.2) is 25.8 Å². The Bertz CT molecular complexity index is 820. The molecule has 4 atom stereocenters. The lowest BCUT2D eigenvalue weighted by Crippen LogP contribution is -3.10. The zero-order valence-electron chi connectivity index (χ0n) is 14.2. The zero-order chi connectivity index (χ0) is 18.0. The summed E-state index contributed by atoms with van der Waals surface area (Å²) >= 11 is 0. The Kier molecular flexibility index (Phi) is 4.41. The molecule has 0 saturated heterocycles. The van der Waals surface area contributed by atoms with E-state index < -0.39 is 11.3 Å². The van der Waals surface area contributed by atoms with Crippen molar-refractivity contribution in [3.05, 3.63) is 47.5 Å². The number of nitriles is 3. The highest BCUT2D eigenvalue weighted by Crippen LogP contribution is 2.48. The first-order valence-corrected chi connectivity index (χ1v) is 8.43. The van der Waals surface area contributed by atoms with Gasteiger partial charge in [0.05, 0.1) is 44.1 Å². The van der Waals surface area contributed by atoms with Gasteiger partial charge < -0.3 is 10.3 Å². The van der Waals surface area contributed by atoms with Crippen molar-refractivity contribution in [2.75, 3.05) is 20.1 Å². The number of fused-ring (bicyclic) bond motifs is 1. The van der Waals surface area contributed by atoms with Gasteiger partial charge in [-0.1, -0.05) is 30.3 Å². The molecule has 3 rings (SSSR count).